The van der Waals surface area contributed by atoms with E-state index in [9.17, 15) is 4.79 Å². The largest absolute Gasteiger partial charge is 0.340 e. The van der Waals surface area contributed by atoms with Crippen LogP contribution < -0.4 is 5.32 Å². The van der Waals surface area contributed by atoms with Crippen LogP contribution in [0.5, 0.6) is 0 Å². The van der Waals surface area contributed by atoms with Crippen LogP contribution in [0.3, 0.4) is 0 Å². The quantitative estimate of drug-likeness (QED) is 0.809. The van der Waals surface area contributed by atoms with Crippen molar-refractivity contribution in [3.05, 3.63) is 0 Å². The second kappa shape index (κ2) is 8.02. The molecule has 1 aliphatic carbocycles. The van der Waals surface area contributed by atoms with Crippen molar-refractivity contribution in [3.8, 4) is 0 Å². The number of nitrogens with zero attached hydrogens (tertiary/aromatic N) is 1. The van der Waals surface area contributed by atoms with E-state index in [4.69, 9.17) is 0 Å². The van der Waals surface area contributed by atoms with Gasteiger partial charge in [0.2, 0.25) is 5.91 Å². The summed E-state index contributed by atoms with van der Waals surface area (Å²) in [6, 6.07) is 0.962. The van der Waals surface area contributed by atoms with E-state index in [1.165, 1.54) is 44.9 Å². The van der Waals surface area contributed by atoms with Gasteiger partial charge in [0.05, 0.1) is 0 Å². The Kier molecular flexibility index (Phi) is 6.34. The first kappa shape index (κ1) is 15.8. The maximum Gasteiger partial charge on any atom is 0.224 e. The lowest BCUT2D eigenvalue weighted by Crippen LogP contribution is -2.44. The average molecular weight is 280 g/mol. The first-order valence-electron chi connectivity index (χ1n) is 8.69. The summed E-state index contributed by atoms with van der Waals surface area (Å²) in [4.78, 5) is 14.9. The summed E-state index contributed by atoms with van der Waals surface area (Å²) in [5.41, 5.74) is 0. The Morgan fingerprint density at radius 3 is 2.45 bits per heavy atom. The molecule has 0 radical (unpaired) electrons. The predicted molar refractivity (Wildman–Crippen MR) is 83.7 cm³/mol. The van der Waals surface area contributed by atoms with Crippen molar-refractivity contribution in [2.45, 2.75) is 83.7 Å². The van der Waals surface area contributed by atoms with Crippen LogP contribution in [-0.4, -0.2) is 36.0 Å². The van der Waals surface area contributed by atoms with Crippen molar-refractivity contribution in [2.75, 3.05) is 13.1 Å². The van der Waals surface area contributed by atoms with Gasteiger partial charge in [-0.25, -0.2) is 0 Å². The van der Waals surface area contributed by atoms with E-state index in [1.54, 1.807) is 0 Å². The minimum absolute atomic E-state index is 0.400. The molecular weight excluding hydrogens is 248 g/mol. The summed E-state index contributed by atoms with van der Waals surface area (Å²) >= 11 is 0. The van der Waals surface area contributed by atoms with Crippen LogP contribution >= 0.6 is 0 Å². The van der Waals surface area contributed by atoms with Gasteiger partial charge in [0.1, 0.15) is 0 Å². The molecule has 1 saturated carbocycles. The van der Waals surface area contributed by atoms with Crippen molar-refractivity contribution in [2.24, 2.45) is 5.92 Å². The highest BCUT2D eigenvalue weighted by Gasteiger charge is 2.28. The Hall–Kier alpha value is -0.570. The summed E-state index contributed by atoms with van der Waals surface area (Å²) in [6.45, 7) is 6.56. The van der Waals surface area contributed by atoms with Crippen molar-refractivity contribution in [1.82, 2.24) is 10.2 Å². The third-order valence-electron chi connectivity index (χ3n) is 4.87. The van der Waals surface area contributed by atoms with Crippen LogP contribution in [0.15, 0.2) is 0 Å². The van der Waals surface area contributed by atoms with Gasteiger partial charge < -0.3 is 10.2 Å². The van der Waals surface area contributed by atoms with E-state index in [0.29, 0.717) is 30.3 Å². The third kappa shape index (κ3) is 4.76. The molecule has 0 bridgehead atoms. The van der Waals surface area contributed by atoms with Crippen molar-refractivity contribution < 1.29 is 4.79 Å². The normalized spacial score (nSPS) is 24.2. The molecule has 1 atom stereocenters. The van der Waals surface area contributed by atoms with E-state index >= 15 is 0 Å². The van der Waals surface area contributed by atoms with Gasteiger partial charge in [-0.3, -0.25) is 4.79 Å². The lowest BCUT2D eigenvalue weighted by molar-refractivity contribution is -0.134. The molecule has 1 heterocycles. The average Bonchev–Trinajstić information content (AvgIpc) is 2.93. The fourth-order valence-electron chi connectivity index (χ4n) is 3.55. The molecule has 1 amide bonds. The second-order valence-corrected chi connectivity index (χ2v) is 7.06. The zero-order valence-corrected chi connectivity index (χ0v) is 13.4. The zero-order chi connectivity index (χ0) is 14.4. The third-order valence-corrected chi connectivity index (χ3v) is 4.87. The van der Waals surface area contributed by atoms with Gasteiger partial charge >= 0.3 is 0 Å². The summed E-state index contributed by atoms with van der Waals surface area (Å²) in [5.74, 6) is 1.08. The number of amides is 1. The molecule has 0 aromatic carbocycles. The molecule has 1 aliphatic heterocycles. The molecule has 3 nitrogen and oxygen atoms in total. The predicted octanol–water partition coefficient (Wildman–Crippen LogP) is 3.34. The lowest BCUT2D eigenvalue weighted by atomic mass is 10.0. The molecule has 1 saturated heterocycles. The summed E-state index contributed by atoms with van der Waals surface area (Å²) < 4.78 is 0. The molecular formula is C17H32N2O. The van der Waals surface area contributed by atoms with Crippen molar-refractivity contribution in [3.63, 3.8) is 0 Å². The molecule has 1 unspecified atom stereocenters. The SMILES string of the molecule is CC(C)CCN(C(=O)CC1CCCCN1)C1CCCC1. The molecule has 116 valence electrons. The minimum atomic E-state index is 0.400. The number of nitrogens with one attached hydrogen (secondary N) is 1. The number of hydrogen-bond donors (Lipinski definition) is 1. The van der Waals surface area contributed by atoms with Gasteiger partial charge in [0.15, 0.2) is 0 Å². The van der Waals surface area contributed by atoms with Gasteiger partial charge in [0, 0.05) is 25.0 Å². The fraction of sp³-hybridized carbons (Fsp3) is 0.941. The van der Waals surface area contributed by atoms with Gasteiger partial charge in [-0.2, -0.15) is 0 Å². The van der Waals surface area contributed by atoms with E-state index in [2.05, 4.69) is 24.1 Å². The van der Waals surface area contributed by atoms with Gasteiger partial charge in [0.25, 0.3) is 0 Å². The number of rotatable bonds is 6. The van der Waals surface area contributed by atoms with Crippen molar-refractivity contribution in [1.29, 1.82) is 0 Å². The Balaban J connectivity index is 1.87. The first-order valence-corrected chi connectivity index (χ1v) is 8.69. The molecule has 1 N–H and O–H groups in total. The number of carbonyl (C=O) groups excluding carboxylic acids is 1. The van der Waals surface area contributed by atoms with E-state index < -0.39 is 0 Å². The maximum atomic E-state index is 12.7. The first-order chi connectivity index (χ1) is 9.66. The van der Waals surface area contributed by atoms with Crippen LogP contribution in [0.25, 0.3) is 0 Å². The van der Waals surface area contributed by atoms with Crippen LogP contribution in [0.4, 0.5) is 0 Å². The standard InChI is InChI=1S/C17H32N2O/c1-14(2)10-12-19(16-8-3-4-9-16)17(20)13-15-7-5-6-11-18-15/h14-16,18H,3-13H2,1-2H3. The van der Waals surface area contributed by atoms with E-state index in [0.717, 1.165) is 19.5 Å². The van der Waals surface area contributed by atoms with Crippen molar-refractivity contribution >= 4 is 5.91 Å². The van der Waals surface area contributed by atoms with Crippen LogP contribution in [0.2, 0.25) is 0 Å². The molecule has 2 aliphatic rings. The topological polar surface area (TPSA) is 32.3 Å². The number of carbonyl (C=O) groups is 1. The number of hydrogen-bond acceptors (Lipinski definition) is 2. The smallest absolute Gasteiger partial charge is 0.224 e. The highest BCUT2D eigenvalue weighted by Crippen LogP contribution is 2.25. The maximum absolute atomic E-state index is 12.7. The van der Waals surface area contributed by atoms with E-state index in [-0.39, 0.29) is 0 Å². The van der Waals surface area contributed by atoms with Crippen LogP contribution in [0.1, 0.15) is 71.6 Å². The van der Waals surface area contributed by atoms with Gasteiger partial charge in [-0.1, -0.05) is 33.1 Å². The van der Waals surface area contributed by atoms with Gasteiger partial charge in [-0.15, -0.1) is 0 Å². The molecule has 2 fully saturated rings. The second-order valence-electron chi connectivity index (χ2n) is 7.06. The van der Waals surface area contributed by atoms with Gasteiger partial charge in [-0.05, 0) is 44.6 Å². The molecule has 2 rings (SSSR count). The molecule has 20 heavy (non-hydrogen) atoms. The minimum Gasteiger partial charge on any atom is -0.340 e. The lowest BCUT2D eigenvalue weighted by Gasteiger charge is -2.32. The summed E-state index contributed by atoms with van der Waals surface area (Å²) in [5, 5.41) is 3.51. The summed E-state index contributed by atoms with van der Waals surface area (Å²) in [7, 11) is 0. The Morgan fingerprint density at radius 2 is 1.85 bits per heavy atom. The Labute approximate surface area is 124 Å². The van der Waals surface area contributed by atoms with Crippen LogP contribution in [0, 0.1) is 5.92 Å². The molecule has 0 spiro atoms. The highest BCUT2D eigenvalue weighted by molar-refractivity contribution is 5.77. The molecule has 3 heteroatoms. The van der Waals surface area contributed by atoms with Crippen LogP contribution in [-0.2, 0) is 4.79 Å². The fourth-order valence-corrected chi connectivity index (χ4v) is 3.55. The zero-order valence-electron chi connectivity index (χ0n) is 13.4. The highest BCUT2D eigenvalue weighted by atomic mass is 16.2. The van der Waals surface area contributed by atoms with E-state index in [1.807, 2.05) is 0 Å². The Morgan fingerprint density at radius 1 is 1.15 bits per heavy atom. The molecule has 0 aromatic heterocycles. The molecule has 0 aromatic rings. The number of piperidine rings is 1. The Bertz CT molecular complexity index is 291. The monoisotopic (exact) mass is 280 g/mol. The summed E-state index contributed by atoms with van der Waals surface area (Å²) in [6.07, 6.45) is 10.6.